The van der Waals surface area contributed by atoms with Crippen molar-refractivity contribution < 1.29 is 18.3 Å². The number of benzene rings is 1. The van der Waals surface area contributed by atoms with Gasteiger partial charge in [0, 0.05) is 24.8 Å². The van der Waals surface area contributed by atoms with Crippen molar-refractivity contribution >= 4 is 33.2 Å². The fourth-order valence-electron chi connectivity index (χ4n) is 2.35. The molecule has 0 aliphatic heterocycles. The second-order valence-corrected chi connectivity index (χ2v) is 8.56. The van der Waals surface area contributed by atoms with Gasteiger partial charge in [-0.2, -0.15) is 0 Å². The number of hydrogen-bond acceptors (Lipinski definition) is 4. The standard InChI is InChI=1S/C17H27Cl2NO4S/c1-3-5-7-13(4-2)12-24-9-6-8-20-25(22,23)16-11-14(18)10-15(19)17(16)21/h10-11,13,20-21H,3-9,12H2,1-2H3. The van der Waals surface area contributed by atoms with Crippen molar-refractivity contribution in [2.24, 2.45) is 5.92 Å². The fourth-order valence-corrected chi connectivity index (χ4v) is 4.18. The molecule has 0 saturated carbocycles. The zero-order chi connectivity index (χ0) is 18.9. The monoisotopic (exact) mass is 411 g/mol. The Hall–Kier alpha value is -0.530. The number of phenols is 1. The molecule has 1 aromatic rings. The van der Waals surface area contributed by atoms with Crippen LogP contribution in [-0.4, -0.2) is 33.3 Å². The quantitative estimate of drug-likeness (QED) is 0.492. The van der Waals surface area contributed by atoms with Gasteiger partial charge in [0.2, 0.25) is 10.0 Å². The summed E-state index contributed by atoms with van der Waals surface area (Å²) in [4.78, 5) is -0.323. The number of unbranched alkanes of at least 4 members (excludes halogenated alkanes) is 1. The molecule has 1 aromatic carbocycles. The highest BCUT2D eigenvalue weighted by atomic mass is 35.5. The molecule has 0 bridgehead atoms. The van der Waals surface area contributed by atoms with Crippen LogP contribution in [0.1, 0.15) is 46.0 Å². The third-order valence-corrected chi connectivity index (χ3v) is 5.92. The maximum atomic E-state index is 12.2. The molecular formula is C17H27Cl2NO4S. The summed E-state index contributed by atoms with van der Waals surface area (Å²) in [5.41, 5.74) is 0. The number of ether oxygens (including phenoxy) is 1. The lowest BCUT2D eigenvalue weighted by Crippen LogP contribution is -2.26. The van der Waals surface area contributed by atoms with Gasteiger partial charge >= 0.3 is 0 Å². The average molecular weight is 412 g/mol. The van der Waals surface area contributed by atoms with E-state index in [0.717, 1.165) is 12.8 Å². The van der Waals surface area contributed by atoms with Gasteiger partial charge in [0.1, 0.15) is 4.90 Å². The molecule has 8 heteroatoms. The minimum atomic E-state index is -3.88. The van der Waals surface area contributed by atoms with E-state index in [1.165, 1.54) is 25.0 Å². The smallest absolute Gasteiger partial charge is 0.244 e. The molecule has 1 unspecified atom stereocenters. The maximum absolute atomic E-state index is 12.2. The van der Waals surface area contributed by atoms with Crippen LogP contribution in [0.3, 0.4) is 0 Å². The van der Waals surface area contributed by atoms with Crippen molar-refractivity contribution in [3.05, 3.63) is 22.2 Å². The third-order valence-electron chi connectivity index (χ3n) is 3.94. The predicted octanol–water partition coefficient (Wildman–Crippen LogP) is 4.60. The first-order chi connectivity index (χ1) is 11.8. The van der Waals surface area contributed by atoms with Gasteiger partial charge in [0.25, 0.3) is 0 Å². The summed E-state index contributed by atoms with van der Waals surface area (Å²) >= 11 is 11.6. The minimum Gasteiger partial charge on any atom is -0.505 e. The number of sulfonamides is 1. The Morgan fingerprint density at radius 1 is 1.24 bits per heavy atom. The SMILES string of the molecule is CCCCC(CC)COCCCNS(=O)(=O)c1cc(Cl)cc(Cl)c1O. The van der Waals surface area contributed by atoms with E-state index in [1.54, 1.807) is 0 Å². The Bertz CT molecular complexity index is 638. The van der Waals surface area contributed by atoms with E-state index in [-0.39, 0.29) is 21.5 Å². The van der Waals surface area contributed by atoms with Gasteiger partial charge in [0.15, 0.2) is 5.75 Å². The molecule has 0 spiro atoms. The predicted molar refractivity (Wildman–Crippen MR) is 102 cm³/mol. The Labute approximate surface area is 160 Å². The van der Waals surface area contributed by atoms with E-state index in [2.05, 4.69) is 18.6 Å². The Morgan fingerprint density at radius 3 is 2.60 bits per heavy atom. The number of rotatable bonds is 12. The van der Waals surface area contributed by atoms with Crippen molar-refractivity contribution in [2.75, 3.05) is 19.8 Å². The Balaban J connectivity index is 2.41. The molecule has 2 N–H and O–H groups in total. The third kappa shape index (κ3) is 7.71. The summed E-state index contributed by atoms with van der Waals surface area (Å²) in [7, 11) is -3.88. The van der Waals surface area contributed by atoms with Crippen LogP contribution in [0.15, 0.2) is 17.0 Å². The molecule has 0 amide bonds. The second-order valence-electron chi connectivity index (χ2n) is 5.98. The topological polar surface area (TPSA) is 75.6 Å². The molecule has 144 valence electrons. The summed E-state index contributed by atoms with van der Waals surface area (Å²) < 4.78 is 32.5. The van der Waals surface area contributed by atoms with Crippen LogP contribution in [0.4, 0.5) is 0 Å². The first-order valence-electron chi connectivity index (χ1n) is 8.57. The van der Waals surface area contributed by atoms with Gasteiger partial charge in [-0.25, -0.2) is 13.1 Å². The zero-order valence-corrected chi connectivity index (χ0v) is 17.1. The van der Waals surface area contributed by atoms with Crippen LogP contribution in [0.5, 0.6) is 5.75 Å². The van der Waals surface area contributed by atoms with Crippen molar-refractivity contribution in [1.29, 1.82) is 0 Å². The van der Waals surface area contributed by atoms with Crippen LogP contribution < -0.4 is 4.72 Å². The van der Waals surface area contributed by atoms with Crippen LogP contribution >= 0.6 is 23.2 Å². The first-order valence-corrected chi connectivity index (χ1v) is 10.8. The summed E-state index contributed by atoms with van der Waals surface area (Å²) in [5, 5.41) is 9.86. The highest BCUT2D eigenvalue weighted by Crippen LogP contribution is 2.33. The number of phenolic OH excluding ortho intramolecular Hbond substituents is 1. The summed E-state index contributed by atoms with van der Waals surface area (Å²) in [5.74, 6) is 0.0544. The van der Waals surface area contributed by atoms with Crippen LogP contribution in [-0.2, 0) is 14.8 Å². The molecule has 1 atom stereocenters. The Kier molecular flexibility index (Phi) is 10.1. The van der Waals surface area contributed by atoms with E-state index in [4.69, 9.17) is 27.9 Å². The number of nitrogens with one attached hydrogen (secondary N) is 1. The molecule has 25 heavy (non-hydrogen) atoms. The van der Waals surface area contributed by atoms with Gasteiger partial charge in [-0.15, -0.1) is 0 Å². The lowest BCUT2D eigenvalue weighted by atomic mass is 10.0. The van der Waals surface area contributed by atoms with E-state index in [0.29, 0.717) is 25.6 Å². The van der Waals surface area contributed by atoms with Gasteiger partial charge in [-0.1, -0.05) is 56.3 Å². The lowest BCUT2D eigenvalue weighted by Gasteiger charge is -2.15. The van der Waals surface area contributed by atoms with Gasteiger partial charge in [0.05, 0.1) is 5.02 Å². The maximum Gasteiger partial charge on any atom is 0.244 e. The molecule has 5 nitrogen and oxygen atoms in total. The Morgan fingerprint density at radius 2 is 1.96 bits per heavy atom. The van der Waals surface area contributed by atoms with E-state index in [9.17, 15) is 13.5 Å². The average Bonchev–Trinajstić information content (AvgIpc) is 2.56. The van der Waals surface area contributed by atoms with Crippen molar-refractivity contribution in [1.82, 2.24) is 4.72 Å². The lowest BCUT2D eigenvalue weighted by molar-refractivity contribution is 0.0928. The molecule has 0 aliphatic rings. The fraction of sp³-hybridized carbons (Fsp3) is 0.647. The molecule has 0 saturated heterocycles. The minimum absolute atomic E-state index is 0.103. The van der Waals surface area contributed by atoms with Gasteiger partial charge in [-0.05, 0) is 30.9 Å². The molecule has 0 aromatic heterocycles. The second kappa shape index (κ2) is 11.2. The number of halogens is 2. The first kappa shape index (κ1) is 22.5. The molecule has 0 heterocycles. The van der Waals surface area contributed by atoms with Gasteiger partial charge in [-0.3, -0.25) is 0 Å². The number of hydrogen-bond donors (Lipinski definition) is 2. The highest BCUT2D eigenvalue weighted by Gasteiger charge is 2.21. The van der Waals surface area contributed by atoms with E-state index < -0.39 is 15.8 Å². The molecular weight excluding hydrogens is 385 g/mol. The molecule has 0 fully saturated rings. The van der Waals surface area contributed by atoms with Crippen LogP contribution in [0.25, 0.3) is 0 Å². The van der Waals surface area contributed by atoms with Crippen molar-refractivity contribution in [3.63, 3.8) is 0 Å². The summed E-state index contributed by atoms with van der Waals surface area (Å²) in [6, 6.07) is 2.45. The zero-order valence-electron chi connectivity index (χ0n) is 14.7. The highest BCUT2D eigenvalue weighted by molar-refractivity contribution is 7.89. The molecule has 0 aliphatic carbocycles. The summed E-state index contributed by atoms with van der Waals surface area (Å²) in [6.45, 7) is 5.71. The van der Waals surface area contributed by atoms with Crippen LogP contribution in [0, 0.1) is 5.92 Å². The number of aromatic hydroxyl groups is 1. The van der Waals surface area contributed by atoms with Crippen LogP contribution in [0.2, 0.25) is 10.0 Å². The van der Waals surface area contributed by atoms with Gasteiger partial charge < -0.3 is 9.84 Å². The molecule has 1 rings (SSSR count). The van der Waals surface area contributed by atoms with E-state index >= 15 is 0 Å². The van der Waals surface area contributed by atoms with Crippen molar-refractivity contribution in [2.45, 2.75) is 50.8 Å². The normalized spacial score (nSPS) is 13.1. The molecule has 0 radical (unpaired) electrons. The summed E-state index contributed by atoms with van der Waals surface area (Å²) in [6.07, 6.45) is 5.17. The van der Waals surface area contributed by atoms with Crippen molar-refractivity contribution in [3.8, 4) is 5.75 Å². The van der Waals surface area contributed by atoms with E-state index in [1.807, 2.05) is 0 Å². The largest absolute Gasteiger partial charge is 0.505 e.